The minimum absolute atomic E-state index is 0.119. The molecule has 24 heavy (non-hydrogen) atoms. The average molecular weight is 358 g/mol. The summed E-state index contributed by atoms with van der Waals surface area (Å²) in [5.74, 6) is -0.0865. The molecule has 0 fully saturated rings. The molecule has 0 bridgehead atoms. The predicted molar refractivity (Wildman–Crippen MR) is 95.5 cm³/mol. The molecule has 3 rings (SSSR count). The van der Waals surface area contributed by atoms with Gasteiger partial charge in [-0.1, -0.05) is 0 Å². The minimum Gasteiger partial charge on any atom is -0.426 e. The number of anilines is 1. The molecule has 1 amide bonds. The SMILES string of the molecule is CC(=O)Nc1ccc(OC(=O)Cc2csc(-c3ccsc3)n2)cc1. The third kappa shape index (κ3) is 4.27. The second kappa shape index (κ2) is 7.37. The number of carbonyl (C=O) groups is 2. The molecule has 0 aliphatic rings. The largest absolute Gasteiger partial charge is 0.426 e. The molecule has 0 radical (unpaired) electrons. The summed E-state index contributed by atoms with van der Waals surface area (Å²) >= 11 is 3.12. The van der Waals surface area contributed by atoms with Crippen LogP contribution < -0.4 is 10.1 Å². The Morgan fingerprint density at radius 1 is 1.17 bits per heavy atom. The molecule has 3 aromatic rings. The van der Waals surface area contributed by atoms with E-state index >= 15 is 0 Å². The van der Waals surface area contributed by atoms with E-state index in [0.29, 0.717) is 17.1 Å². The molecule has 0 saturated carbocycles. The van der Waals surface area contributed by atoms with Crippen LogP contribution in [0.25, 0.3) is 10.6 Å². The van der Waals surface area contributed by atoms with Gasteiger partial charge in [0.2, 0.25) is 5.91 Å². The van der Waals surface area contributed by atoms with Crippen LogP contribution in [-0.2, 0) is 16.0 Å². The lowest BCUT2D eigenvalue weighted by Crippen LogP contribution is -2.11. The molecule has 0 aliphatic carbocycles. The van der Waals surface area contributed by atoms with Gasteiger partial charge >= 0.3 is 5.97 Å². The van der Waals surface area contributed by atoms with E-state index in [1.54, 1.807) is 35.6 Å². The van der Waals surface area contributed by atoms with Gasteiger partial charge in [0.05, 0.1) is 12.1 Å². The van der Waals surface area contributed by atoms with Crippen molar-refractivity contribution in [2.45, 2.75) is 13.3 Å². The number of benzene rings is 1. The molecule has 1 aromatic carbocycles. The summed E-state index contributed by atoms with van der Waals surface area (Å²) in [6.07, 6.45) is 0.119. The number of hydrogen-bond donors (Lipinski definition) is 1. The smallest absolute Gasteiger partial charge is 0.317 e. The van der Waals surface area contributed by atoms with E-state index in [-0.39, 0.29) is 18.3 Å². The van der Waals surface area contributed by atoms with Crippen LogP contribution in [0, 0.1) is 0 Å². The zero-order chi connectivity index (χ0) is 16.9. The molecule has 5 nitrogen and oxygen atoms in total. The maximum Gasteiger partial charge on any atom is 0.317 e. The van der Waals surface area contributed by atoms with Crippen molar-refractivity contribution in [1.29, 1.82) is 0 Å². The molecule has 0 unspecified atom stereocenters. The van der Waals surface area contributed by atoms with Gasteiger partial charge in [0.15, 0.2) is 0 Å². The fraction of sp³-hybridized carbons (Fsp3) is 0.118. The van der Waals surface area contributed by atoms with Crippen LogP contribution in [-0.4, -0.2) is 16.9 Å². The van der Waals surface area contributed by atoms with Crippen molar-refractivity contribution in [2.24, 2.45) is 0 Å². The summed E-state index contributed by atoms with van der Waals surface area (Å²) in [5.41, 5.74) is 2.42. The number of thiophene rings is 1. The lowest BCUT2D eigenvalue weighted by molar-refractivity contribution is -0.133. The van der Waals surface area contributed by atoms with Crippen molar-refractivity contribution in [3.8, 4) is 16.3 Å². The first-order chi connectivity index (χ1) is 11.6. The third-order valence-corrected chi connectivity index (χ3v) is 4.68. The van der Waals surface area contributed by atoms with Gasteiger partial charge in [0.25, 0.3) is 0 Å². The number of aromatic nitrogens is 1. The van der Waals surface area contributed by atoms with E-state index in [9.17, 15) is 9.59 Å². The number of ether oxygens (including phenoxy) is 1. The highest BCUT2D eigenvalue weighted by Crippen LogP contribution is 2.26. The van der Waals surface area contributed by atoms with Gasteiger partial charge in [0, 0.05) is 28.9 Å². The highest BCUT2D eigenvalue weighted by molar-refractivity contribution is 7.14. The Morgan fingerprint density at radius 3 is 2.62 bits per heavy atom. The molecular formula is C17H14N2O3S2. The lowest BCUT2D eigenvalue weighted by Gasteiger charge is -2.05. The van der Waals surface area contributed by atoms with Crippen LogP contribution in [0.2, 0.25) is 0 Å². The monoisotopic (exact) mass is 358 g/mol. The van der Waals surface area contributed by atoms with Crippen LogP contribution in [0.3, 0.4) is 0 Å². The number of rotatable bonds is 5. The summed E-state index contributed by atoms with van der Waals surface area (Å²) in [4.78, 5) is 27.4. The zero-order valence-electron chi connectivity index (χ0n) is 12.8. The highest BCUT2D eigenvalue weighted by Gasteiger charge is 2.11. The Hall–Kier alpha value is -2.51. The number of carbonyl (C=O) groups excluding carboxylic acids is 2. The van der Waals surface area contributed by atoms with Crippen molar-refractivity contribution in [2.75, 3.05) is 5.32 Å². The van der Waals surface area contributed by atoms with Crippen LogP contribution in [0.1, 0.15) is 12.6 Å². The minimum atomic E-state index is -0.371. The molecule has 1 N–H and O–H groups in total. The third-order valence-electron chi connectivity index (χ3n) is 3.05. The van der Waals surface area contributed by atoms with E-state index in [1.165, 1.54) is 18.3 Å². The van der Waals surface area contributed by atoms with Gasteiger partial charge < -0.3 is 10.1 Å². The van der Waals surface area contributed by atoms with Crippen molar-refractivity contribution >= 4 is 40.2 Å². The summed E-state index contributed by atoms with van der Waals surface area (Å²) in [6, 6.07) is 8.65. The molecule has 0 saturated heterocycles. The number of amides is 1. The maximum atomic E-state index is 12.0. The van der Waals surface area contributed by atoms with Crippen molar-refractivity contribution in [1.82, 2.24) is 4.98 Å². The fourth-order valence-electron chi connectivity index (χ4n) is 2.03. The van der Waals surface area contributed by atoms with E-state index in [0.717, 1.165) is 10.6 Å². The standard InChI is InChI=1S/C17H14N2O3S2/c1-11(20)18-13-2-4-15(5-3-13)22-16(21)8-14-10-24-17(19-14)12-6-7-23-9-12/h2-7,9-10H,8H2,1H3,(H,18,20). The van der Waals surface area contributed by atoms with Crippen LogP contribution in [0.5, 0.6) is 5.75 Å². The Morgan fingerprint density at radius 2 is 1.96 bits per heavy atom. The lowest BCUT2D eigenvalue weighted by atomic mass is 10.3. The first-order valence-electron chi connectivity index (χ1n) is 7.15. The normalized spacial score (nSPS) is 10.4. The zero-order valence-corrected chi connectivity index (χ0v) is 14.4. The molecule has 0 spiro atoms. The summed E-state index contributed by atoms with van der Waals surface area (Å²) < 4.78 is 5.29. The Balaban J connectivity index is 1.58. The van der Waals surface area contributed by atoms with Crippen molar-refractivity contribution in [3.05, 3.63) is 52.2 Å². The second-order valence-electron chi connectivity index (χ2n) is 5.01. The maximum absolute atomic E-state index is 12.0. The van der Waals surface area contributed by atoms with E-state index in [4.69, 9.17) is 4.74 Å². The molecule has 7 heteroatoms. The summed E-state index contributed by atoms with van der Waals surface area (Å²) in [7, 11) is 0. The van der Waals surface area contributed by atoms with E-state index < -0.39 is 0 Å². The van der Waals surface area contributed by atoms with Gasteiger partial charge in [-0.2, -0.15) is 11.3 Å². The van der Waals surface area contributed by atoms with Gasteiger partial charge in [0.1, 0.15) is 10.8 Å². The quantitative estimate of drug-likeness (QED) is 0.553. The molecular weight excluding hydrogens is 344 g/mol. The number of hydrogen-bond acceptors (Lipinski definition) is 6. The molecule has 2 heterocycles. The Kier molecular flexibility index (Phi) is 5.02. The molecule has 0 aliphatic heterocycles. The summed E-state index contributed by atoms with van der Waals surface area (Å²) in [6.45, 7) is 1.44. The second-order valence-corrected chi connectivity index (χ2v) is 6.65. The van der Waals surface area contributed by atoms with Crippen LogP contribution >= 0.6 is 22.7 Å². The Labute approximate surface area is 146 Å². The van der Waals surface area contributed by atoms with Crippen LogP contribution in [0.15, 0.2) is 46.5 Å². The fourth-order valence-corrected chi connectivity index (χ4v) is 3.56. The first-order valence-corrected chi connectivity index (χ1v) is 8.98. The number of nitrogens with one attached hydrogen (secondary N) is 1. The highest BCUT2D eigenvalue weighted by atomic mass is 32.1. The predicted octanol–water partition coefficient (Wildman–Crippen LogP) is 3.98. The van der Waals surface area contributed by atoms with Gasteiger partial charge in [-0.25, -0.2) is 4.98 Å². The van der Waals surface area contributed by atoms with Crippen LogP contribution in [0.4, 0.5) is 5.69 Å². The molecule has 0 atom stereocenters. The Bertz CT molecular complexity index is 839. The number of esters is 1. The first kappa shape index (κ1) is 16.4. The number of thiazole rings is 1. The average Bonchev–Trinajstić information content (AvgIpc) is 3.19. The van der Waals surface area contributed by atoms with Gasteiger partial charge in [-0.05, 0) is 35.7 Å². The topological polar surface area (TPSA) is 68.3 Å². The van der Waals surface area contributed by atoms with Crippen molar-refractivity contribution < 1.29 is 14.3 Å². The van der Waals surface area contributed by atoms with E-state index in [1.807, 2.05) is 22.2 Å². The van der Waals surface area contributed by atoms with Gasteiger partial charge in [-0.15, -0.1) is 11.3 Å². The molecule has 122 valence electrons. The van der Waals surface area contributed by atoms with E-state index in [2.05, 4.69) is 10.3 Å². The van der Waals surface area contributed by atoms with Gasteiger partial charge in [-0.3, -0.25) is 9.59 Å². The summed E-state index contributed by atoms with van der Waals surface area (Å²) in [5, 5.41) is 9.45. The molecule has 2 aromatic heterocycles. The van der Waals surface area contributed by atoms with Crippen molar-refractivity contribution in [3.63, 3.8) is 0 Å². The number of nitrogens with zero attached hydrogens (tertiary/aromatic N) is 1.